The maximum absolute atomic E-state index is 13.2. The number of nitrogens with zero attached hydrogens (tertiary/aromatic N) is 2. The van der Waals surface area contributed by atoms with Crippen LogP contribution in [0.2, 0.25) is 0 Å². The van der Waals surface area contributed by atoms with Crippen LogP contribution in [0.1, 0.15) is 26.3 Å². The molecule has 0 saturated heterocycles. The molecule has 0 unspecified atom stereocenters. The third kappa shape index (κ3) is 4.92. The van der Waals surface area contributed by atoms with Crippen molar-refractivity contribution >= 4 is 40.5 Å². The quantitative estimate of drug-likeness (QED) is 0.246. The second kappa shape index (κ2) is 9.44. The molecule has 3 aromatic rings. The zero-order chi connectivity index (χ0) is 22.5. The maximum Gasteiger partial charge on any atom is 0.293 e. The van der Waals surface area contributed by atoms with Gasteiger partial charge in [-0.3, -0.25) is 19.7 Å². The second-order valence-electron chi connectivity index (χ2n) is 6.92. The van der Waals surface area contributed by atoms with Gasteiger partial charge in [0.2, 0.25) is 0 Å². The van der Waals surface area contributed by atoms with E-state index in [1.54, 1.807) is 61.1 Å². The molecule has 7 nitrogen and oxygen atoms in total. The Kier molecular flexibility index (Phi) is 6.71. The molecule has 1 amide bonds. The van der Waals surface area contributed by atoms with Gasteiger partial charge in [0, 0.05) is 41.9 Å². The number of carbonyl (C=O) groups is 2. The van der Waals surface area contributed by atoms with Crippen LogP contribution in [-0.4, -0.2) is 37.0 Å². The number of ketones is 1. The van der Waals surface area contributed by atoms with Crippen LogP contribution < -0.4 is 10.2 Å². The van der Waals surface area contributed by atoms with Crippen molar-refractivity contribution in [3.8, 4) is 0 Å². The van der Waals surface area contributed by atoms with Crippen LogP contribution in [0.3, 0.4) is 0 Å². The molecule has 0 bridgehead atoms. The van der Waals surface area contributed by atoms with Crippen LogP contribution in [0.4, 0.5) is 17.1 Å². The number of nitro benzene ring substituents is 1. The van der Waals surface area contributed by atoms with Gasteiger partial charge >= 0.3 is 0 Å². The van der Waals surface area contributed by atoms with E-state index in [-0.39, 0.29) is 22.4 Å². The van der Waals surface area contributed by atoms with Gasteiger partial charge in [-0.25, -0.2) is 0 Å². The van der Waals surface area contributed by atoms with Gasteiger partial charge in [-0.05, 0) is 42.7 Å². The van der Waals surface area contributed by atoms with Gasteiger partial charge in [-0.2, -0.15) is 0 Å². The lowest BCUT2D eigenvalue weighted by Gasteiger charge is -2.14. The third-order valence-electron chi connectivity index (χ3n) is 4.66. The van der Waals surface area contributed by atoms with Crippen molar-refractivity contribution in [1.82, 2.24) is 0 Å². The number of nitro groups is 1. The summed E-state index contributed by atoms with van der Waals surface area (Å²) in [5.41, 5.74) is 1.34. The molecule has 0 radical (unpaired) electrons. The number of hydrogen-bond acceptors (Lipinski definition) is 6. The summed E-state index contributed by atoms with van der Waals surface area (Å²) in [6.45, 7) is 0. The Hall–Kier alpha value is -3.65. The van der Waals surface area contributed by atoms with Crippen LogP contribution in [0.5, 0.6) is 0 Å². The van der Waals surface area contributed by atoms with Crippen molar-refractivity contribution in [1.29, 1.82) is 0 Å². The molecule has 31 heavy (non-hydrogen) atoms. The predicted octanol–water partition coefficient (Wildman–Crippen LogP) is 4.87. The number of rotatable bonds is 7. The molecule has 0 spiro atoms. The first-order valence-corrected chi connectivity index (χ1v) is 10.6. The molecule has 0 aromatic heterocycles. The first kappa shape index (κ1) is 22.0. The first-order chi connectivity index (χ1) is 14.8. The highest BCUT2D eigenvalue weighted by Crippen LogP contribution is 2.29. The van der Waals surface area contributed by atoms with Gasteiger partial charge in [0.15, 0.2) is 5.78 Å². The first-order valence-electron chi connectivity index (χ1n) is 9.36. The Morgan fingerprint density at radius 2 is 1.68 bits per heavy atom. The molecule has 3 aromatic carbocycles. The normalized spacial score (nSPS) is 10.4. The van der Waals surface area contributed by atoms with Crippen LogP contribution in [0.15, 0.2) is 71.6 Å². The average Bonchev–Trinajstić information content (AvgIpc) is 2.78. The molecule has 0 aliphatic heterocycles. The third-order valence-corrected chi connectivity index (χ3v) is 5.39. The number of benzene rings is 3. The highest BCUT2D eigenvalue weighted by Gasteiger charge is 2.22. The van der Waals surface area contributed by atoms with Crippen LogP contribution in [0.25, 0.3) is 0 Å². The molecule has 3 rings (SSSR count). The fourth-order valence-electron chi connectivity index (χ4n) is 3.12. The molecular formula is C23H21N3O4S. The van der Waals surface area contributed by atoms with Gasteiger partial charge in [-0.1, -0.05) is 24.3 Å². The summed E-state index contributed by atoms with van der Waals surface area (Å²) in [4.78, 5) is 39.6. The molecule has 0 heterocycles. The molecule has 0 atom stereocenters. The lowest BCUT2D eigenvalue weighted by molar-refractivity contribution is -0.384. The van der Waals surface area contributed by atoms with E-state index in [1.807, 2.05) is 24.5 Å². The van der Waals surface area contributed by atoms with E-state index in [4.69, 9.17) is 0 Å². The zero-order valence-electron chi connectivity index (χ0n) is 17.3. The summed E-state index contributed by atoms with van der Waals surface area (Å²) in [5, 5.41) is 14.3. The lowest BCUT2D eigenvalue weighted by atomic mass is 9.97. The average molecular weight is 436 g/mol. The summed E-state index contributed by atoms with van der Waals surface area (Å²) in [5.74, 6) is -0.890. The second-order valence-corrected chi connectivity index (χ2v) is 7.80. The molecular weight excluding hydrogens is 414 g/mol. The summed E-state index contributed by atoms with van der Waals surface area (Å²) in [6, 6.07) is 18.1. The van der Waals surface area contributed by atoms with Crippen molar-refractivity contribution in [3.05, 3.63) is 93.5 Å². The lowest BCUT2D eigenvalue weighted by Crippen LogP contribution is -2.17. The molecule has 0 fully saturated rings. The maximum atomic E-state index is 13.2. The highest BCUT2D eigenvalue weighted by molar-refractivity contribution is 7.98. The largest absolute Gasteiger partial charge is 0.372 e. The summed E-state index contributed by atoms with van der Waals surface area (Å²) in [7, 11) is 3.38. The van der Waals surface area contributed by atoms with Crippen molar-refractivity contribution < 1.29 is 14.5 Å². The topological polar surface area (TPSA) is 92.6 Å². The number of hydrogen-bond donors (Lipinski definition) is 1. The smallest absolute Gasteiger partial charge is 0.293 e. The Morgan fingerprint density at radius 3 is 2.32 bits per heavy atom. The van der Waals surface area contributed by atoms with E-state index in [9.17, 15) is 19.7 Å². The Bertz CT molecular complexity index is 1160. The number of nitrogens with one attached hydrogen (secondary N) is 1. The van der Waals surface area contributed by atoms with Crippen LogP contribution in [-0.2, 0) is 0 Å². The molecule has 0 aliphatic rings. The van der Waals surface area contributed by atoms with Crippen molar-refractivity contribution in [2.75, 3.05) is 30.6 Å². The minimum atomic E-state index is -0.524. The van der Waals surface area contributed by atoms with E-state index < -0.39 is 16.6 Å². The SMILES string of the molecule is CSc1cccc(NC(=O)c2ccccc2C(=O)c2ccc(N(C)C)c([N+](=O)[O-])c2)c1. The highest BCUT2D eigenvalue weighted by atomic mass is 32.2. The molecule has 0 saturated carbocycles. The Labute approximate surface area is 184 Å². The van der Waals surface area contributed by atoms with Gasteiger partial charge in [0.1, 0.15) is 5.69 Å². The zero-order valence-corrected chi connectivity index (χ0v) is 18.1. The molecule has 158 valence electrons. The van der Waals surface area contributed by atoms with Gasteiger partial charge < -0.3 is 10.2 Å². The van der Waals surface area contributed by atoms with Crippen molar-refractivity contribution in [3.63, 3.8) is 0 Å². The Morgan fingerprint density at radius 1 is 0.968 bits per heavy atom. The molecule has 1 N–H and O–H groups in total. The molecule has 8 heteroatoms. The minimum Gasteiger partial charge on any atom is -0.372 e. The van der Waals surface area contributed by atoms with Gasteiger partial charge in [-0.15, -0.1) is 11.8 Å². The van der Waals surface area contributed by atoms with Gasteiger partial charge in [0.25, 0.3) is 11.6 Å². The number of thioether (sulfide) groups is 1. The Balaban J connectivity index is 1.96. The van der Waals surface area contributed by atoms with E-state index in [1.165, 1.54) is 18.2 Å². The fraction of sp³-hybridized carbons (Fsp3) is 0.130. The van der Waals surface area contributed by atoms with Crippen molar-refractivity contribution in [2.45, 2.75) is 4.90 Å². The standard InChI is InChI=1S/C23H21N3O4S/c1-25(2)20-12-11-15(13-21(20)26(29)30)22(27)18-9-4-5-10-19(18)23(28)24-16-7-6-8-17(14-16)31-3/h4-14H,1-3H3,(H,24,28). The monoisotopic (exact) mass is 435 g/mol. The van der Waals surface area contributed by atoms with E-state index in [0.717, 1.165) is 4.90 Å². The summed E-state index contributed by atoms with van der Waals surface area (Å²) < 4.78 is 0. The van der Waals surface area contributed by atoms with Crippen LogP contribution >= 0.6 is 11.8 Å². The van der Waals surface area contributed by atoms with Crippen LogP contribution in [0, 0.1) is 10.1 Å². The van der Waals surface area contributed by atoms with Gasteiger partial charge in [0.05, 0.1) is 10.5 Å². The van der Waals surface area contributed by atoms with E-state index in [2.05, 4.69) is 5.32 Å². The van der Waals surface area contributed by atoms with Crippen molar-refractivity contribution in [2.24, 2.45) is 0 Å². The van der Waals surface area contributed by atoms with E-state index >= 15 is 0 Å². The summed E-state index contributed by atoms with van der Waals surface area (Å²) in [6.07, 6.45) is 1.94. The summed E-state index contributed by atoms with van der Waals surface area (Å²) >= 11 is 1.55. The number of anilines is 2. The van der Waals surface area contributed by atoms with E-state index in [0.29, 0.717) is 11.4 Å². The fourth-order valence-corrected chi connectivity index (χ4v) is 3.58. The predicted molar refractivity (Wildman–Crippen MR) is 123 cm³/mol. The number of carbonyl (C=O) groups excluding carboxylic acids is 2. The molecule has 0 aliphatic carbocycles. The number of amides is 1. The minimum absolute atomic E-state index is 0.141.